The van der Waals surface area contributed by atoms with Gasteiger partial charge in [-0.1, -0.05) is 0 Å². The number of nitrogens with two attached hydrogens (primary N) is 1. The Labute approximate surface area is 88.5 Å². The molecule has 0 aliphatic heterocycles. The van der Waals surface area contributed by atoms with Gasteiger partial charge in [0.25, 0.3) is 0 Å². The molecule has 0 aliphatic carbocycles. The first-order valence-corrected chi connectivity index (χ1v) is 4.17. The van der Waals surface area contributed by atoms with E-state index in [-0.39, 0.29) is 18.0 Å². The molecule has 0 aromatic carbocycles. The molecule has 2 N–H and O–H groups in total. The van der Waals surface area contributed by atoms with Crippen molar-refractivity contribution < 1.29 is 9.15 Å². The zero-order chi connectivity index (χ0) is 9.68. The highest BCUT2D eigenvalue weighted by Gasteiger charge is 1.97. The van der Waals surface area contributed by atoms with Crippen LogP contribution in [0, 0.1) is 6.92 Å². The molecule has 0 aliphatic rings. The summed E-state index contributed by atoms with van der Waals surface area (Å²) in [7, 11) is 0. The van der Waals surface area contributed by atoms with Crippen LogP contribution in [0.25, 0.3) is 0 Å². The van der Waals surface area contributed by atoms with E-state index in [9.17, 15) is 4.79 Å². The topological polar surface area (TPSA) is 65.5 Å². The second kappa shape index (κ2) is 6.45. The van der Waals surface area contributed by atoms with E-state index in [1.807, 2.05) is 0 Å². The maximum atomic E-state index is 10.9. The fraction of sp³-hybridized carbons (Fsp3) is 0.444. The molecule has 80 valence electrons. The molecule has 1 aromatic rings. The number of aryl methyl sites for hydroxylation is 1. The molecule has 0 atom stereocenters. The summed E-state index contributed by atoms with van der Waals surface area (Å²) in [6.07, 6.45) is 0.777. The lowest BCUT2D eigenvalue weighted by Crippen LogP contribution is -2.07. The zero-order valence-electron chi connectivity index (χ0n) is 7.99. The first-order valence-electron chi connectivity index (χ1n) is 4.17. The molecule has 0 bridgehead atoms. The predicted octanol–water partition coefficient (Wildman–Crippen LogP) is 1.10. The fourth-order valence-electron chi connectivity index (χ4n) is 0.932. The predicted molar refractivity (Wildman–Crippen MR) is 56.1 cm³/mol. The molecule has 0 amide bonds. The van der Waals surface area contributed by atoms with Crippen LogP contribution in [0.5, 0.6) is 5.75 Å². The molecule has 14 heavy (non-hydrogen) atoms. The van der Waals surface area contributed by atoms with E-state index in [2.05, 4.69) is 0 Å². The van der Waals surface area contributed by atoms with Crippen molar-refractivity contribution >= 4 is 12.4 Å². The van der Waals surface area contributed by atoms with Gasteiger partial charge in [-0.3, -0.25) is 0 Å². The van der Waals surface area contributed by atoms with Gasteiger partial charge in [0.05, 0.1) is 12.7 Å². The smallest absolute Gasteiger partial charge is 0.339 e. The molecule has 5 heteroatoms. The van der Waals surface area contributed by atoms with Crippen LogP contribution in [0.4, 0.5) is 0 Å². The van der Waals surface area contributed by atoms with Crippen LogP contribution in [0.3, 0.4) is 0 Å². The molecule has 1 aromatic heterocycles. The Morgan fingerprint density at radius 1 is 1.50 bits per heavy atom. The van der Waals surface area contributed by atoms with E-state index >= 15 is 0 Å². The molecule has 0 saturated carbocycles. The lowest BCUT2D eigenvalue weighted by Gasteiger charge is -2.03. The summed E-state index contributed by atoms with van der Waals surface area (Å²) in [5.74, 6) is 1.09. The van der Waals surface area contributed by atoms with Crippen LogP contribution in [0.2, 0.25) is 0 Å². The molecule has 0 unspecified atom stereocenters. The number of halogens is 1. The fourth-order valence-corrected chi connectivity index (χ4v) is 0.932. The van der Waals surface area contributed by atoms with E-state index < -0.39 is 0 Å². The van der Waals surface area contributed by atoms with Crippen molar-refractivity contribution in [3.63, 3.8) is 0 Å². The van der Waals surface area contributed by atoms with Crippen LogP contribution >= 0.6 is 12.4 Å². The summed E-state index contributed by atoms with van der Waals surface area (Å²) >= 11 is 0. The van der Waals surface area contributed by atoms with E-state index in [0.29, 0.717) is 24.7 Å². The highest BCUT2D eigenvalue weighted by atomic mass is 35.5. The molecular weight excluding hydrogens is 206 g/mol. The Morgan fingerprint density at radius 3 is 2.79 bits per heavy atom. The third kappa shape index (κ3) is 4.30. The minimum Gasteiger partial charge on any atom is -0.493 e. The highest BCUT2D eigenvalue weighted by Crippen LogP contribution is 2.09. The highest BCUT2D eigenvalue weighted by molar-refractivity contribution is 5.85. The monoisotopic (exact) mass is 219 g/mol. The summed E-state index contributed by atoms with van der Waals surface area (Å²) in [6.45, 7) is 2.82. The Bertz CT molecular complexity index is 324. The lowest BCUT2D eigenvalue weighted by atomic mass is 10.4. The van der Waals surface area contributed by atoms with Crippen molar-refractivity contribution in [1.29, 1.82) is 0 Å². The molecule has 0 fully saturated rings. The maximum absolute atomic E-state index is 10.9. The number of rotatable bonds is 4. The van der Waals surface area contributed by atoms with E-state index in [1.165, 1.54) is 6.07 Å². The third-order valence-electron chi connectivity index (χ3n) is 1.48. The Balaban J connectivity index is 0.00000169. The SMILES string of the molecule is Cc1cc(OCCCN)cc(=O)o1.Cl. The standard InChI is InChI=1S/C9H13NO3.ClH/c1-7-5-8(6-9(11)13-7)12-4-2-3-10;/h5-6H,2-4,10H2,1H3;1H. The van der Waals surface area contributed by atoms with Gasteiger partial charge in [0.2, 0.25) is 0 Å². The maximum Gasteiger partial charge on any atom is 0.339 e. The molecule has 0 radical (unpaired) electrons. The van der Waals surface area contributed by atoms with Gasteiger partial charge < -0.3 is 14.9 Å². The van der Waals surface area contributed by atoms with Crippen molar-refractivity contribution in [3.8, 4) is 5.75 Å². The number of hydrogen-bond donors (Lipinski definition) is 1. The van der Waals surface area contributed by atoms with Gasteiger partial charge in [-0.05, 0) is 19.9 Å². The van der Waals surface area contributed by atoms with Gasteiger partial charge in [0.1, 0.15) is 11.5 Å². The first kappa shape index (κ1) is 13.0. The van der Waals surface area contributed by atoms with Crippen LogP contribution in [-0.2, 0) is 0 Å². The average Bonchev–Trinajstić information content (AvgIpc) is 2.03. The quantitative estimate of drug-likeness (QED) is 0.771. The molecule has 0 saturated heterocycles. The largest absolute Gasteiger partial charge is 0.493 e. The van der Waals surface area contributed by atoms with Gasteiger partial charge in [-0.25, -0.2) is 4.79 Å². The van der Waals surface area contributed by atoms with Gasteiger partial charge >= 0.3 is 5.63 Å². The van der Waals surface area contributed by atoms with Crippen LogP contribution in [-0.4, -0.2) is 13.2 Å². The van der Waals surface area contributed by atoms with E-state index in [4.69, 9.17) is 14.9 Å². The molecule has 0 spiro atoms. The van der Waals surface area contributed by atoms with Crippen molar-refractivity contribution in [2.24, 2.45) is 5.73 Å². The minimum atomic E-state index is -0.386. The molecule has 1 heterocycles. The summed E-state index contributed by atoms with van der Waals surface area (Å²) in [5.41, 5.74) is 4.91. The van der Waals surface area contributed by atoms with E-state index in [0.717, 1.165) is 6.42 Å². The Hall–Kier alpha value is -1.00. The molecular formula is C9H14ClNO3. The van der Waals surface area contributed by atoms with Gasteiger partial charge in [-0.15, -0.1) is 12.4 Å². The molecule has 1 rings (SSSR count). The first-order chi connectivity index (χ1) is 6.22. The third-order valence-corrected chi connectivity index (χ3v) is 1.48. The number of hydrogen-bond acceptors (Lipinski definition) is 4. The summed E-state index contributed by atoms with van der Waals surface area (Å²) in [6, 6.07) is 3.00. The normalized spacial score (nSPS) is 9.29. The number of ether oxygens (including phenoxy) is 1. The summed E-state index contributed by atoms with van der Waals surface area (Å²) < 4.78 is 10.0. The zero-order valence-corrected chi connectivity index (χ0v) is 8.80. The van der Waals surface area contributed by atoms with Gasteiger partial charge in [-0.2, -0.15) is 0 Å². The molecule has 4 nitrogen and oxygen atoms in total. The average molecular weight is 220 g/mol. The Morgan fingerprint density at radius 2 is 2.21 bits per heavy atom. The Kier molecular flexibility index (Phi) is 5.99. The van der Waals surface area contributed by atoms with Crippen LogP contribution in [0.1, 0.15) is 12.2 Å². The second-order valence-corrected chi connectivity index (χ2v) is 2.71. The summed E-state index contributed by atoms with van der Waals surface area (Å²) in [4.78, 5) is 10.9. The minimum absolute atomic E-state index is 0. The lowest BCUT2D eigenvalue weighted by molar-refractivity contribution is 0.307. The van der Waals surface area contributed by atoms with Crippen molar-refractivity contribution in [3.05, 3.63) is 28.3 Å². The van der Waals surface area contributed by atoms with Crippen LogP contribution in [0.15, 0.2) is 21.3 Å². The van der Waals surface area contributed by atoms with Crippen LogP contribution < -0.4 is 16.1 Å². The summed E-state index contributed by atoms with van der Waals surface area (Å²) in [5, 5.41) is 0. The van der Waals surface area contributed by atoms with Gasteiger partial charge in [0, 0.05) is 6.07 Å². The van der Waals surface area contributed by atoms with E-state index in [1.54, 1.807) is 13.0 Å². The second-order valence-electron chi connectivity index (χ2n) is 2.71. The van der Waals surface area contributed by atoms with Crippen molar-refractivity contribution in [1.82, 2.24) is 0 Å². The van der Waals surface area contributed by atoms with Gasteiger partial charge in [0.15, 0.2) is 0 Å². The van der Waals surface area contributed by atoms with Crippen molar-refractivity contribution in [2.75, 3.05) is 13.2 Å². The van der Waals surface area contributed by atoms with Crippen molar-refractivity contribution in [2.45, 2.75) is 13.3 Å².